The van der Waals surface area contributed by atoms with Gasteiger partial charge in [0.05, 0.1) is 12.2 Å². The number of benzene rings is 1. The normalized spacial score (nSPS) is 15.8. The minimum atomic E-state index is 0.477. The zero-order valence-corrected chi connectivity index (χ0v) is 20.1. The van der Waals surface area contributed by atoms with E-state index in [4.69, 9.17) is 16.6 Å². The molecule has 2 aromatic heterocycles. The predicted molar refractivity (Wildman–Crippen MR) is 136 cm³/mol. The molecule has 6 nitrogen and oxygen atoms in total. The summed E-state index contributed by atoms with van der Waals surface area (Å²) < 4.78 is 0. The van der Waals surface area contributed by atoms with Crippen molar-refractivity contribution in [1.29, 1.82) is 5.26 Å². The van der Waals surface area contributed by atoms with Crippen molar-refractivity contribution in [2.45, 2.75) is 30.0 Å². The molecule has 0 saturated carbocycles. The van der Waals surface area contributed by atoms with Gasteiger partial charge in [-0.2, -0.15) is 5.26 Å². The number of pyridine rings is 2. The van der Waals surface area contributed by atoms with E-state index in [1.54, 1.807) is 12.4 Å². The van der Waals surface area contributed by atoms with Gasteiger partial charge in [-0.3, -0.25) is 15.3 Å². The molecular weight excluding hydrogens is 464 g/mol. The standard InChI is InChI=1S/C26H23ClN6S/c27-21-5-6-22-23(13-21)34-16-20-4-2-10-30-25(20)24(22)19-7-11-33(12-8-19)26(32-17-28)31-15-18-3-1-9-29-14-18/h1-6,9-10,13-14H,7-8,11-12,15-16H2,(H,31,32). The van der Waals surface area contributed by atoms with E-state index in [1.165, 1.54) is 27.2 Å². The molecule has 0 amide bonds. The van der Waals surface area contributed by atoms with Crippen molar-refractivity contribution in [2.24, 2.45) is 4.99 Å². The number of guanidine groups is 1. The van der Waals surface area contributed by atoms with Crippen LogP contribution in [0.5, 0.6) is 0 Å². The molecule has 0 aliphatic carbocycles. The van der Waals surface area contributed by atoms with Crippen molar-refractivity contribution < 1.29 is 0 Å². The van der Waals surface area contributed by atoms with E-state index in [0.29, 0.717) is 12.5 Å². The first-order valence-corrected chi connectivity index (χ1v) is 12.5. The summed E-state index contributed by atoms with van der Waals surface area (Å²) in [5.74, 6) is 1.48. The van der Waals surface area contributed by atoms with E-state index in [2.05, 4.69) is 38.4 Å². The number of nitrogens with zero attached hydrogens (tertiary/aromatic N) is 5. The summed E-state index contributed by atoms with van der Waals surface area (Å²) in [5.41, 5.74) is 7.14. The van der Waals surface area contributed by atoms with E-state index in [9.17, 15) is 5.26 Å². The van der Waals surface area contributed by atoms with E-state index in [0.717, 1.165) is 48.0 Å². The summed E-state index contributed by atoms with van der Waals surface area (Å²) in [6.45, 7) is 2.03. The highest BCUT2D eigenvalue weighted by molar-refractivity contribution is 7.98. The number of hydrogen-bond donors (Lipinski definition) is 1. The van der Waals surface area contributed by atoms with Crippen LogP contribution in [0.4, 0.5) is 0 Å². The third-order valence-corrected chi connectivity index (χ3v) is 7.39. The fourth-order valence-electron chi connectivity index (χ4n) is 4.41. The van der Waals surface area contributed by atoms with Crippen molar-refractivity contribution >= 4 is 34.9 Å². The number of rotatable bonds is 2. The second kappa shape index (κ2) is 10.3. The molecule has 2 aliphatic heterocycles. The number of nitrogens with one attached hydrogen (secondary N) is 1. The van der Waals surface area contributed by atoms with Crippen LogP contribution in [0.15, 0.2) is 76.5 Å². The van der Waals surface area contributed by atoms with Crippen LogP contribution < -0.4 is 5.32 Å². The van der Waals surface area contributed by atoms with Gasteiger partial charge < -0.3 is 4.90 Å². The molecule has 0 bridgehead atoms. The molecule has 0 atom stereocenters. The van der Waals surface area contributed by atoms with Gasteiger partial charge in [0.2, 0.25) is 5.96 Å². The number of halogens is 1. The van der Waals surface area contributed by atoms with Crippen LogP contribution in [0.1, 0.15) is 35.2 Å². The number of thioether (sulfide) groups is 1. The van der Waals surface area contributed by atoms with Crippen molar-refractivity contribution in [3.8, 4) is 6.19 Å². The van der Waals surface area contributed by atoms with Crippen molar-refractivity contribution in [3.05, 3.63) is 94.0 Å². The average Bonchev–Trinajstić information content (AvgIpc) is 3.04. The molecule has 0 spiro atoms. The van der Waals surface area contributed by atoms with Crippen LogP contribution in [-0.2, 0) is 12.3 Å². The van der Waals surface area contributed by atoms with Crippen LogP contribution in [-0.4, -0.2) is 33.9 Å². The quantitative estimate of drug-likeness (QED) is 0.230. The monoisotopic (exact) mass is 486 g/mol. The Labute approximate surface area is 208 Å². The number of likely N-dealkylation sites (tertiary alicyclic amines) is 1. The molecule has 1 N–H and O–H groups in total. The predicted octanol–water partition coefficient (Wildman–Crippen LogP) is 5.26. The minimum absolute atomic E-state index is 0.477. The van der Waals surface area contributed by atoms with Crippen molar-refractivity contribution in [2.75, 3.05) is 13.1 Å². The van der Waals surface area contributed by atoms with Gasteiger partial charge in [-0.1, -0.05) is 35.4 Å². The van der Waals surface area contributed by atoms with Crippen molar-refractivity contribution in [1.82, 2.24) is 20.2 Å². The molecule has 1 aromatic carbocycles. The Kier molecular flexibility index (Phi) is 6.79. The molecule has 2 aliphatic rings. The van der Waals surface area contributed by atoms with E-state index in [1.807, 2.05) is 48.4 Å². The third-order valence-electron chi connectivity index (χ3n) is 6.05. The van der Waals surface area contributed by atoms with Gasteiger partial charge in [-0.15, -0.1) is 11.8 Å². The highest BCUT2D eigenvalue weighted by Gasteiger charge is 2.26. The van der Waals surface area contributed by atoms with E-state index < -0.39 is 0 Å². The number of aromatic nitrogens is 2. The summed E-state index contributed by atoms with van der Waals surface area (Å²) in [4.78, 5) is 17.0. The maximum absolute atomic E-state index is 9.28. The maximum atomic E-state index is 9.28. The van der Waals surface area contributed by atoms with Crippen LogP contribution in [0, 0.1) is 11.5 Å². The molecule has 170 valence electrons. The lowest BCUT2D eigenvalue weighted by Gasteiger charge is -2.31. The minimum Gasteiger partial charge on any atom is -0.342 e. The lowest BCUT2D eigenvalue weighted by atomic mass is 9.89. The number of aliphatic imine (C=N–C) groups is 1. The maximum Gasteiger partial charge on any atom is 0.207 e. The van der Waals surface area contributed by atoms with Gasteiger partial charge in [-0.05, 0) is 53.8 Å². The Morgan fingerprint density at radius 1 is 1.18 bits per heavy atom. The lowest BCUT2D eigenvalue weighted by molar-refractivity contribution is 0.379. The SMILES string of the molecule is N#CNC(=NCc1cccnc1)N1CCC(=C2c3ccc(Cl)cc3SCc3cccnc32)CC1. The Morgan fingerprint density at radius 2 is 2.03 bits per heavy atom. The van der Waals surface area contributed by atoms with Gasteiger partial charge in [-0.25, -0.2) is 4.99 Å². The molecule has 8 heteroatoms. The molecular formula is C26H23ClN6S. The number of fused-ring (bicyclic) bond motifs is 2. The van der Waals surface area contributed by atoms with E-state index >= 15 is 0 Å². The number of hydrogen-bond acceptors (Lipinski definition) is 5. The van der Waals surface area contributed by atoms with Gasteiger partial charge in [0.15, 0.2) is 6.19 Å². The van der Waals surface area contributed by atoms with Gasteiger partial charge in [0, 0.05) is 52.9 Å². The van der Waals surface area contributed by atoms with Crippen LogP contribution in [0.25, 0.3) is 5.57 Å². The molecule has 3 aromatic rings. The molecule has 1 saturated heterocycles. The Hall–Kier alpha value is -3.34. The first-order valence-electron chi connectivity index (χ1n) is 11.2. The van der Waals surface area contributed by atoms with Crippen LogP contribution in [0.3, 0.4) is 0 Å². The average molecular weight is 487 g/mol. The largest absolute Gasteiger partial charge is 0.342 e. The van der Waals surface area contributed by atoms with Gasteiger partial charge in [0.1, 0.15) is 0 Å². The van der Waals surface area contributed by atoms with E-state index in [-0.39, 0.29) is 0 Å². The lowest BCUT2D eigenvalue weighted by Crippen LogP contribution is -2.43. The van der Waals surface area contributed by atoms with Crippen LogP contribution >= 0.6 is 23.4 Å². The number of piperidine rings is 1. The Morgan fingerprint density at radius 3 is 2.82 bits per heavy atom. The van der Waals surface area contributed by atoms with Crippen molar-refractivity contribution in [3.63, 3.8) is 0 Å². The Bertz CT molecular complexity index is 1290. The zero-order valence-electron chi connectivity index (χ0n) is 18.5. The topological polar surface area (TPSA) is 77.2 Å². The second-order valence-corrected chi connectivity index (χ2v) is 9.60. The molecule has 5 rings (SSSR count). The molecule has 4 heterocycles. The Balaban J connectivity index is 1.45. The first-order chi connectivity index (χ1) is 16.7. The summed E-state index contributed by atoms with van der Waals surface area (Å²) >= 11 is 8.14. The van der Waals surface area contributed by atoms with Crippen LogP contribution in [0.2, 0.25) is 5.02 Å². The summed E-state index contributed by atoms with van der Waals surface area (Å²) in [6.07, 6.45) is 9.20. The first kappa shape index (κ1) is 22.5. The number of nitriles is 1. The molecule has 1 fully saturated rings. The highest BCUT2D eigenvalue weighted by Crippen LogP contribution is 2.43. The second-order valence-electron chi connectivity index (χ2n) is 8.14. The third kappa shape index (κ3) is 4.79. The summed E-state index contributed by atoms with van der Waals surface area (Å²) in [5, 5.41) is 12.8. The fraction of sp³-hybridized carbons (Fsp3) is 0.231. The smallest absolute Gasteiger partial charge is 0.207 e. The zero-order chi connectivity index (χ0) is 23.3. The summed E-state index contributed by atoms with van der Waals surface area (Å²) in [6, 6.07) is 14.2. The van der Waals surface area contributed by atoms with Gasteiger partial charge >= 0.3 is 0 Å². The molecule has 0 unspecified atom stereocenters. The fourth-order valence-corrected chi connectivity index (χ4v) is 5.72. The molecule has 0 radical (unpaired) electrons. The molecule has 34 heavy (non-hydrogen) atoms. The summed E-state index contributed by atoms with van der Waals surface area (Å²) in [7, 11) is 0. The van der Waals surface area contributed by atoms with Gasteiger partial charge in [0.25, 0.3) is 0 Å². The highest BCUT2D eigenvalue weighted by atomic mass is 35.5.